The third-order valence-electron chi connectivity index (χ3n) is 4.86. The van der Waals surface area contributed by atoms with E-state index < -0.39 is 0 Å². The highest BCUT2D eigenvalue weighted by molar-refractivity contribution is 5.98. The lowest BCUT2D eigenvalue weighted by Gasteiger charge is -2.30. The van der Waals surface area contributed by atoms with Gasteiger partial charge < -0.3 is 14.2 Å². The molecule has 0 fully saturated rings. The average Bonchev–Trinajstić information content (AvgIpc) is 3.01. The van der Waals surface area contributed by atoms with Crippen LogP contribution in [0.1, 0.15) is 32.9 Å². The molecule has 0 spiro atoms. The van der Waals surface area contributed by atoms with E-state index in [9.17, 15) is 9.59 Å². The normalized spacial score (nSPS) is 13.2. The average molecular weight is 376 g/mol. The fraction of sp³-hybridized carbons (Fsp3) is 0.227. The highest BCUT2D eigenvalue weighted by Crippen LogP contribution is 2.35. The minimum atomic E-state index is -0.143. The van der Waals surface area contributed by atoms with Gasteiger partial charge in [0.05, 0.1) is 17.9 Å². The Morgan fingerprint density at radius 2 is 1.96 bits per heavy atom. The number of carbonyl (C=O) groups is 2. The van der Waals surface area contributed by atoms with E-state index in [1.54, 1.807) is 23.1 Å². The van der Waals surface area contributed by atoms with Gasteiger partial charge in [-0.1, -0.05) is 22.9 Å². The Kier molecular flexibility index (Phi) is 4.47. The van der Waals surface area contributed by atoms with Crippen molar-refractivity contribution in [3.8, 4) is 16.9 Å². The van der Waals surface area contributed by atoms with Gasteiger partial charge in [-0.3, -0.25) is 9.59 Å². The van der Waals surface area contributed by atoms with Crippen LogP contribution in [0.15, 0.2) is 40.9 Å². The second kappa shape index (κ2) is 6.96. The first-order valence-corrected chi connectivity index (χ1v) is 9.02. The fourth-order valence-electron chi connectivity index (χ4n) is 3.64. The second-order valence-electron chi connectivity index (χ2n) is 7.02. The van der Waals surface area contributed by atoms with Gasteiger partial charge in [-0.25, -0.2) is 0 Å². The molecule has 1 aliphatic rings. The summed E-state index contributed by atoms with van der Waals surface area (Å²) in [5.41, 5.74) is 5.99. The number of nitrogens with zero attached hydrogens (tertiary/aromatic N) is 2. The SMILES string of the molecule is Cc1cc(CN2C(=O)COc3ccc(C=O)cc32)cc(-c2c(C)noc2C)c1. The van der Waals surface area contributed by atoms with Crippen LogP contribution in [0.25, 0.3) is 11.1 Å². The number of aryl methyl sites for hydroxylation is 3. The maximum Gasteiger partial charge on any atom is 0.265 e. The molecule has 2 heterocycles. The van der Waals surface area contributed by atoms with Crippen molar-refractivity contribution in [1.82, 2.24) is 5.16 Å². The maximum atomic E-state index is 12.6. The molecule has 142 valence electrons. The third-order valence-corrected chi connectivity index (χ3v) is 4.86. The smallest absolute Gasteiger partial charge is 0.265 e. The zero-order chi connectivity index (χ0) is 19.8. The second-order valence-corrected chi connectivity index (χ2v) is 7.02. The van der Waals surface area contributed by atoms with Crippen molar-refractivity contribution in [3.05, 3.63) is 64.5 Å². The van der Waals surface area contributed by atoms with Gasteiger partial charge in [0.2, 0.25) is 0 Å². The monoisotopic (exact) mass is 376 g/mol. The molecule has 0 unspecified atom stereocenters. The summed E-state index contributed by atoms with van der Waals surface area (Å²) in [4.78, 5) is 25.4. The number of hydrogen-bond donors (Lipinski definition) is 0. The van der Waals surface area contributed by atoms with E-state index in [1.165, 1.54) is 0 Å². The van der Waals surface area contributed by atoms with Crippen LogP contribution in [0, 0.1) is 20.8 Å². The molecule has 0 radical (unpaired) electrons. The van der Waals surface area contributed by atoms with Crippen LogP contribution in [0.2, 0.25) is 0 Å². The quantitative estimate of drug-likeness (QED) is 0.644. The summed E-state index contributed by atoms with van der Waals surface area (Å²) in [6.45, 7) is 6.19. The molecule has 6 nitrogen and oxygen atoms in total. The van der Waals surface area contributed by atoms with Crippen molar-refractivity contribution < 1.29 is 18.8 Å². The van der Waals surface area contributed by atoms with Gasteiger partial charge in [0.15, 0.2) is 6.61 Å². The zero-order valence-electron chi connectivity index (χ0n) is 16.0. The number of amides is 1. The molecule has 3 aromatic rings. The Morgan fingerprint density at radius 1 is 1.14 bits per heavy atom. The molecule has 2 aromatic carbocycles. The molecule has 28 heavy (non-hydrogen) atoms. The van der Waals surface area contributed by atoms with Crippen LogP contribution >= 0.6 is 0 Å². The van der Waals surface area contributed by atoms with E-state index in [0.29, 0.717) is 23.5 Å². The van der Waals surface area contributed by atoms with Gasteiger partial charge in [0, 0.05) is 11.1 Å². The largest absolute Gasteiger partial charge is 0.482 e. The minimum absolute atomic E-state index is 0.0179. The number of aromatic nitrogens is 1. The summed E-state index contributed by atoms with van der Waals surface area (Å²) >= 11 is 0. The summed E-state index contributed by atoms with van der Waals surface area (Å²) in [5.74, 6) is 1.22. The van der Waals surface area contributed by atoms with Gasteiger partial charge in [0.1, 0.15) is 17.8 Å². The summed E-state index contributed by atoms with van der Waals surface area (Å²) in [6.07, 6.45) is 0.764. The fourth-order valence-corrected chi connectivity index (χ4v) is 3.64. The topological polar surface area (TPSA) is 72.6 Å². The molecular weight excluding hydrogens is 356 g/mol. The van der Waals surface area contributed by atoms with Crippen molar-refractivity contribution in [2.24, 2.45) is 0 Å². The van der Waals surface area contributed by atoms with E-state index in [1.807, 2.05) is 32.9 Å². The first-order chi connectivity index (χ1) is 13.5. The Balaban J connectivity index is 1.74. The van der Waals surface area contributed by atoms with Gasteiger partial charge in [-0.15, -0.1) is 0 Å². The zero-order valence-corrected chi connectivity index (χ0v) is 16.0. The predicted octanol–water partition coefficient (Wildman–Crippen LogP) is 4.00. The summed E-state index contributed by atoms with van der Waals surface area (Å²) in [5, 5.41) is 4.04. The Morgan fingerprint density at radius 3 is 2.68 bits per heavy atom. The molecule has 6 heteroatoms. The first-order valence-electron chi connectivity index (χ1n) is 9.02. The maximum absolute atomic E-state index is 12.6. The number of benzene rings is 2. The lowest BCUT2D eigenvalue weighted by atomic mass is 9.98. The lowest BCUT2D eigenvalue weighted by molar-refractivity contribution is -0.121. The third kappa shape index (κ3) is 3.17. The Hall–Kier alpha value is -3.41. The molecule has 4 rings (SSSR count). The van der Waals surface area contributed by atoms with Crippen molar-refractivity contribution in [3.63, 3.8) is 0 Å². The van der Waals surface area contributed by atoms with Crippen LogP contribution in [0.3, 0.4) is 0 Å². The van der Waals surface area contributed by atoms with Gasteiger partial charge in [0.25, 0.3) is 5.91 Å². The summed E-state index contributed by atoms with van der Waals surface area (Å²) in [7, 11) is 0. The number of ether oxygens (including phenoxy) is 1. The number of fused-ring (bicyclic) bond motifs is 1. The van der Waals surface area contributed by atoms with Crippen LogP contribution in [0.5, 0.6) is 5.75 Å². The lowest BCUT2D eigenvalue weighted by Crippen LogP contribution is -2.38. The number of hydrogen-bond acceptors (Lipinski definition) is 5. The van der Waals surface area contributed by atoms with Crippen molar-refractivity contribution >= 4 is 17.9 Å². The molecule has 0 saturated heterocycles. The van der Waals surface area contributed by atoms with E-state index in [2.05, 4.69) is 11.2 Å². The van der Waals surface area contributed by atoms with Gasteiger partial charge in [-0.2, -0.15) is 0 Å². The molecule has 1 aromatic heterocycles. The van der Waals surface area contributed by atoms with E-state index in [0.717, 1.165) is 40.0 Å². The highest BCUT2D eigenvalue weighted by Gasteiger charge is 2.26. The Bertz CT molecular complexity index is 1060. The molecule has 0 atom stereocenters. The van der Waals surface area contributed by atoms with Crippen LogP contribution in [0.4, 0.5) is 5.69 Å². The Labute approximate surface area is 162 Å². The van der Waals surface area contributed by atoms with E-state index in [-0.39, 0.29) is 12.5 Å². The van der Waals surface area contributed by atoms with E-state index in [4.69, 9.17) is 9.26 Å². The number of carbonyl (C=O) groups excluding carboxylic acids is 2. The molecule has 0 saturated carbocycles. The van der Waals surface area contributed by atoms with Crippen molar-refractivity contribution in [2.45, 2.75) is 27.3 Å². The molecule has 0 aliphatic carbocycles. The van der Waals surface area contributed by atoms with Crippen molar-refractivity contribution in [1.29, 1.82) is 0 Å². The number of rotatable bonds is 4. The minimum Gasteiger partial charge on any atom is -0.482 e. The predicted molar refractivity (Wildman–Crippen MR) is 105 cm³/mol. The molecule has 0 bridgehead atoms. The summed E-state index contributed by atoms with van der Waals surface area (Å²) < 4.78 is 10.8. The van der Waals surface area contributed by atoms with E-state index >= 15 is 0 Å². The van der Waals surface area contributed by atoms with Gasteiger partial charge in [-0.05, 0) is 56.2 Å². The first kappa shape index (κ1) is 18.0. The van der Waals surface area contributed by atoms with Crippen molar-refractivity contribution in [2.75, 3.05) is 11.5 Å². The summed E-state index contributed by atoms with van der Waals surface area (Å²) in [6, 6.07) is 11.3. The van der Waals surface area contributed by atoms with Crippen LogP contribution < -0.4 is 9.64 Å². The van der Waals surface area contributed by atoms with Gasteiger partial charge >= 0.3 is 0 Å². The standard InChI is InChI=1S/C22H20N2O4/c1-13-6-17(8-18(7-13)22-14(2)23-28-15(22)3)10-24-19-9-16(11-25)4-5-20(19)27-12-21(24)26/h4-9,11H,10,12H2,1-3H3. The molecule has 1 aliphatic heterocycles. The number of anilines is 1. The van der Waals surface area contributed by atoms with Crippen LogP contribution in [-0.2, 0) is 11.3 Å². The molecule has 0 N–H and O–H groups in total. The highest BCUT2D eigenvalue weighted by atomic mass is 16.5. The van der Waals surface area contributed by atoms with Crippen LogP contribution in [-0.4, -0.2) is 24.0 Å². The molecule has 1 amide bonds. The molecular formula is C22H20N2O4. The number of aldehydes is 1.